The summed E-state index contributed by atoms with van der Waals surface area (Å²) in [5.74, 6) is 0.827. The van der Waals surface area contributed by atoms with Gasteiger partial charge in [0.2, 0.25) is 5.91 Å². The Hall–Kier alpha value is -3.12. The molecule has 184 valence electrons. The molecule has 1 aliphatic heterocycles. The van der Waals surface area contributed by atoms with Crippen LogP contribution in [0.25, 0.3) is 5.57 Å². The number of rotatable bonds is 8. The Morgan fingerprint density at radius 1 is 1.09 bits per heavy atom. The van der Waals surface area contributed by atoms with Gasteiger partial charge in [0.25, 0.3) is 0 Å². The number of hydrogen-bond acceptors (Lipinski definition) is 5. The highest BCUT2D eigenvalue weighted by atomic mass is 16.5. The normalized spacial score (nSPS) is 16.9. The second kappa shape index (κ2) is 14.2. The van der Waals surface area contributed by atoms with Gasteiger partial charge < -0.3 is 20.8 Å². The number of nitrogens with zero attached hydrogens (tertiary/aromatic N) is 2. The molecular weight excluding hydrogens is 424 g/mol. The van der Waals surface area contributed by atoms with Crippen molar-refractivity contribution in [3.63, 3.8) is 0 Å². The van der Waals surface area contributed by atoms with Crippen molar-refractivity contribution >= 4 is 23.4 Å². The lowest BCUT2D eigenvalue weighted by Gasteiger charge is -2.31. The number of carbonyl (C=O) groups excluding carboxylic acids is 1. The van der Waals surface area contributed by atoms with Crippen LogP contribution in [-0.2, 0) is 4.79 Å². The largest absolute Gasteiger partial charge is 0.497 e. The average molecular weight is 465 g/mol. The highest BCUT2D eigenvalue weighted by Crippen LogP contribution is 2.31. The Kier molecular flexibility index (Phi) is 11.3. The molecular formula is C28H40N4O2. The van der Waals surface area contributed by atoms with Crippen LogP contribution in [0.3, 0.4) is 0 Å². The van der Waals surface area contributed by atoms with Crippen LogP contribution in [0.15, 0.2) is 54.7 Å². The second-order valence-electron chi connectivity index (χ2n) is 8.37. The molecule has 0 aromatic heterocycles. The summed E-state index contributed by atoms with van der Waals surface area (Å²) in [4.78, 5) is 17.9. The molecule has 1 heterocycles. The number of nitrogens with one attached hydrogen (secondary N) is 1. The molecule has 1 atom stereocenters. The van der Waals surface area contributed by atoms with Crippen molar-refractivity contribution in [3.8, 4) is 5.75 Å². The first-order valence-corrected chi connectivity index (χ1v) is 12.3. The smallest absolute Gasteiger partial charge is 0.248 e. The molecule has 1 unspecified atom stereocenters. The van der Waals surface area contributed by atoms with E-state index in [1.165, 1.54) is 25.3 Å². The van der Waals surface area contributed by atoms with E-state index in [2.05, 4.69) is 25.7 Å². The van der Waals surface area contributed by atoms with Crippen molar-refractivity contribution in [1.29, 1.82) is 5.41 Å². The van der Waals surface area contributed by atoms with Gasteiger partial charge in [-0.3, -0.25) is 9.69 Å². The van der Waals surface area contributed by atoms with E-state index in [1.807, 2.05) is 53.4 Å². The van der Waals surface area contributed by atoms with Gasteiger partial charge in [-0.05, 0) is 54.8 Å². The third-order valence-electron chi connectivity index (χ3n) is 5.96. The minimum Gasteiger partial charge on any atom is -0.497 e. The van der Waals surface area contributed by atoms with E-state index in [9.17, 15) is 4.79 Å². The maximum atomic E-state index is 13.7. The number of methoxy groups -OCH3 is 1. The number of nitrogens with two attached hydrogens (primary N) is 1. The number of unbranched alkanes of at least 4 members (excludes halogenated alkanes) is 1. The topological polar surface area (TPSA) is 82.7 Å². The van der Waals surface area contributed by atoms with Crippen LogP contribution in [0, 0.1) is 5.41 Å². The van der Waals surface area contributed by atoms with Gasteiger partial charge in [0.1, 0.15) is 11.8 Å². The molecule has 0 radical (unpaired) electrons. The maximum absolute atomic E-state index is 13.7. The molecule has 0 saturated carbocycles. The van der Waals surface area contributed by atoms with Crippen LogP contribution in [-0.4, -0.2) is 43.8 Å². The minimum absolute atomic E-state index is 0.0728. The maximum Gasteiger partial charge on any atom is 0.248 e. The van der Waals surface area contributed by atoms with E-state index >= 15 is 0 Å². The molecule has 1 aliphatic rings. The lowest BCUT2D eigenvalue weighted by molar-refractivity contribution is -0.123. The summed E-state index contributed by atoms with van der Waals surface area (Å²) in [6, 6.07) is 15.1. The number of carbonyl (C=O) groups is 1. The van der Waals surface area contributed by atoms with Gasteiger partial charge >= 0.3 is 0 Å². The Morgan fingerprint density at radius 3 is 2.35 bits per heavy atom. The SMILES string of the molecule is CCCC.CCCN1CCCN(c2ccc(/C(C=N)=C/N)cc2)C(=O)C1c1cccc(OC)c1. The molecule has 3 N–H and O–H groups in total. The van der Waals surface area contributed by atoms with Crippen LogP contribution >= 0.6 is 0 Å². The summed E-state index contributed by atoms with van der Waals surface area (Å²) in [6.45, 7) is 8.90. The molecule has 0 spiro atoms. The summed E-state index contributed by atoms with van der Waals surface area (Å²) in [5, 5.41) is 7.47. The first kappa shape index (κ1) is 27.1. The predicted octanol–water partition coefficient (Wildman–Crippen LogP) is 5.64. The van der Waals surface area contributed by atoms with Gasteiger partial charge in [0, 0.05) is 36.8 Å². The molecule has 1 amide bonds. The molecule has 34 heavy (non-hydrogen) atoms. The van der Waals surface area contributed by atoms with Crippen molar-refractivity contribution in [3.05, 3.63) is 65.9 Å². The van der Waals surface area contributed by atoms with Gasteiger partial charge in [-0.2, -0.15) is 0 Å². The number of benzene rings is 2. The molecule has 2 aromatic carbocycles. The van der Waals surface area contributed by atoms with E-state index in [0.29, 0.717) is 12.1 Å². The number of anilines is 1. The summed E-state index contributed by atoms with van der Waals surface area (Å²) in [7, 11) is 1.64. The zero-order chi connectivity index (χ0) is 24.9. The first-order chi connectivity index (χ1) is 16.5. The molecule has 3 rings (SSSR count). The molecule has 6 heteroatoms. The van der Waals surface area contributed by atoms with Crippen molar-refractivity contribution in [2.75, 3.05) is 31.6 Å². The molecule has 1 saturated heterocycles. The monoisotopic (exact) mass is 464 g/mol. The van der Waals surface area contributed by atoms with Crippen molar-refractivity contribution in [2.45, 2.75) is 52.5 Å². The molecule has 0 aliphatic carbocycles. The highest BCUT2D eigenvalue weighted by molar-refractivity contribution is 6.08. The van der Waals surface area contributed by atoms with E-state index in [1.54, 1.807) is 7.11 Å². The summed E-state index contributed by atoms with van der Waals surface area (Å²) >= 11 is 0. The number of ether oxygens (including phenoxy) is 1. The van der Waals surface area contributed by atoms with Gasteiger partial charge in [-0.15, -0.1) is 0 Å². The summed E-state index contributed by atoms with van der Waals surface area (Å²) in [6.07, 6.45) is 7.18. The number of amides is 1. The van der Waals surface area contributed by atoms with Gasteiger partial charge in [0.05, 0.1) is 7.11 Å². The van der Waals surface area contributed by atoms with E-state index in [4.69, 9.17) is 15.9 Å². The van der Waals surface area contributed by atoms with E-state index < -0.39 is 0 Å². The lowest BCUT2D eigenvalue weighted by Crippen LogP contribution is -2.40. The third kappa shape index (κ3) is 6.94. The number of allylic oxidation sites excluding steroid dienone is 1. The number of hydrogen-bond donors (Lipinski definition) is 2. The first-order valence-electron chi connectivity index (χ1n) is 12.3. The van der Waals surface area contributed by atoms with Crippen molar-refractivity contribution < 1.29 is 9.53 Å². The van der Waals surface area contributed by atoms with E-state index in [0.717, 1.165) is 48.5 Å². The Labute approximate surface area is 204 Å². The zero-order valence-corrected chi connectivity index (χ0v) is 21.1. The summed E-state index contributed by atoms with van der Waals surface area (Å²) < 4.78 is 5.40. The van der Waals surface area contributed by atoms with Crippen LogP contribution in [0.4, 0.5) is 5.69 Å². The van der Waals surface area contributed by atoms with Gasteiger partial charge in [-0.1, -0.05) is 57.9 Å². The Balaban J connectivity index is 0.000000945. The standard InChI is InChI=1S/C24H30N4O2.C4H10/c1-3-12-27-13-5-14-28(21-10-8-18(9-11-21)20(16-25)17-26)24(29)23(27)19-6-4-7-22(15-19)30-2;1-3-4-2/h4,6-11,15-17,23,25H,3,5,12-14,26H2,1-2H3;3-4H2,1-2H3/b20-17+,25-16?;. The van der Waals surface area contributed by atoms with E-state index in [-0.39, 0.29) is 11.9 Å². The van der Waals surface area contributed by atoms with Crippen molar-refractivity contribution in [1.82, 2.24) is 4.90 Å². The molecule has 1 fully saturated rings. The third-order valence-corrected chi connectivity index (χ3v) is 5.96. The fraction of sp³-hybridized carbons (Fsp3) is 0.429. The summed E-state index contributed by atoms with van der Waals surface area (Å²) in [5.41, 5.74) is 8.91. The Morgan fingerprint density at radius 2 is 1.79 bits per heavy atom. The Bertz CT molecular complexity index is 938. The van der Waals surface area contributed by atoms with Crippen LogP contribution < -0.4 is 15.4 Å². The average Bonchev–Trinajstić information content (AvgIpc) is 3.04. The zero-order valence-electron chi connectivity index (χ0n) is 21.1. The van der Waals surface area contributed by atoms with Crippen LogP contribution in [0.1, 0.15) is 63.6 Å². The van der Waals surface area contributed by atoms with Gasteiger partial charge in [-0.25, -0.2) is 0 Å². The molecule has 2 aromatic rings. The fourth-order valence-electron chi connectivity index (χ4n) is 3.99. The predicted molar refractivity (Wildman–Crippen MR) is 143 cm³/mol. The minimum atomic E-state index is -0.344. The van der Waals surface area contributed by atoms with Crippen molar-refractivity contribution in [2.24, 2.45) is 5.73 Å². The molecule has 0 bridgehead atoms. The lowest BCUT2D eigenvalue weighted by atomic mass is 10.0. The van der Waals surface area contributed by atoms with Crippen LogP contribution in [0.2, 0.25) is 0 Å². The fourth-order valence-corrected chi connectivity index (χ4v) is 3.99. The second-order valence-corrected chi connectivity index (χ2v) is 8.37. The quantitative estimate of drug-likeness (QED) is 0.495. The van der Waals surface area contributed by atoms with Crippen LogP contribution in [0.5, 0.6) is 5.75 Å². The highest BCUT2D eigenvalue weighted by Gasteiger charge is 2.34. The molecule has 6 nitrogen and oxygen atoms in total. The van der Waals surface area contributed by atoms with Gasteiger partial charge in [0.15, 0.2) is 0 Å².